The molecule has 188 valence electrons. The first-order valence-electron chi connectivity index (χ1n) is 11.7. The van der Waals surface area contributed by atoms with Crippen molar-refractivity contribution in [3.63, 3.8) is 0 Å². The van der Waals surface area contributed by atoms with Gasteiger partial charge in [0.15, 0.2) is 11.2 Å². The lowest BCUT2D eigenvalue weighted by atomic mass is 9.90. The lowest BCUT2D eigenvalue weighted by Gasteiger charge is -2.35. The van der Waals surface area contributed by atoms with Gasteiger partial charge in [-0.05, 0) is 22.8 Å². The Bertz CT molecular complexity index is 1570. The Morgan fingerprint density at radius 1 is 0.946 bits per heavy atom. The predicted molar refractivity (Wildman–Crippen MR) is 126 cm³/mol. The van der Waals surface area contributed by atoms with Gasteiger partial charge in [0.05, 0.1) is 17.2 Å². The molecular formula is C23H20N8O6. The molecule has 0 amide bonds. The van der Waals surface area contributed by atoms with Gasteiger partial charge in [0, 0.05) is 60.0 Å². The Balaban J connectivity index is 1.10. The van der Waals surface area contributed by atoms with Crippen LogP contribution in [0.5, 0.6) is 0 Å². The summed E-state index contributed by atoms with van der Waals surface area (Å²) in [4.78, 5) is 41.1. The van der Waals surface area contributed by atoms with Gasteiger partial charge in [0.2, 0.25) is 22.8 Å². The van der Waals surface area contributed by atoms with Crippen molar-refractivity contribution in [2.45, 2.75) is 13.0 Å². The highest BCUT2D eigenvalue weighted by molar-refractivity contribution is 6.26. The van der Waals surface area contributed by atoms with Crippen LogP contribution in [0.2, 0.25) is 0 Å². The number of hydrogen-bond donors (Lipinski definition) is 0. The highest BCUT2D eigenvalue weighted by Gasteiger charge is 2.39. The van der Waals surface area contributed by atoms with Crippen LogP contribution in [0.4, 0.5) is 11.4 Å². The molecule has 0 N–H and O–H groups in total. The summed E-state index contributed by atoms with van der Waals surface area (Å²) in [5, 5.41) is 35.1. The second kappa shape index (κ2) is 8.74. The van der Waals surface area contributed by atoms with E-state index in [1.165, 1.54) is 10.7 Å². The third kappa shape index (κ3) is 3.69. The van der Waals surface area contributed by atoms with E-state index in [4.69, 9.17) is 4.63 Å². The summed E-state index contributed by atoms with van der Waals surface area (Å²) < 4.78 is 5.99. The maximum absolute atomic E-state index is 13.0. The fraction of sp³-hybridized carbons (Fsp3) is 0.304. The number of nitro benzene ring substituents is 1. The van der Waals surface area contributed by atoms with Crippen molar-refractivity contribution in [3.8, 4) is 0 Å². The molecule has 1 fully saturated rings. The van der Waals surface area contributed by atoms with Crippen LogP contribution < -0.4 is 9.86 Å². The van der Waals surface area contributed by atoms with Gasteiger partial charge < -0.3 is 10.1 Å². The number of aromatic nitrogens is 5. The van der Waals surface area contributed by atoms with Gasteiger partial charge in [-0.3, -0.25) is 24.6 Å². The molecule has 1 saturated heterocycles. The first-order chi connectivity index (χ1) is 17.9. The highest BCUT2D eigenvalue weighted by Crippen LogP contribution is 2.31. The standard InChI is InChI=1S/C23H20N8O6/c32-22-14-4-1-2-5-15(14)23(33)21-20(22)24-31(36)29(21)9-3-8-27-10-12-28(13-11-27)16-6-7-17(30(34)35)19-18(16)25-37-26-19/h1-2,4-7H,3,8-13H2. The van der Waals surface area contributed by atoms with Crippen molar-refractivity contribution >= 4 is 34.0 Å². The van der Waals surface area contributed by atoms with Gasteiger partial charge >= 0.3 is 5.69 Å². The minimum atomic E-state index is -0.514. The van der Waals surface area contributed by atoms with E-state index in [-0.39, 0.29) is 46.0 Å². The zero-order valence-corrected chi connectivity index (χ0v) is 19.4. The van der Waals surface area contributed by atoms with Crippen LogP contribution in [0.1, 0.15) is 38.5 Å². The highest BCUT2D eigenvalue weighted by atomic mass is 16.6. The van der Waals surface area contributed by atoms with E-state index < -0.39 is 10.7 Å². The first-order valence-corrected chi connectivity index (χ1v) is 11.7. The van der Waals surface area contributed by atoms with Crippen molar-refractivity contribution in [2.75, 3.05) is 37.6 Å². The van der Waals surface area contributed by atoms with Crippen molar-refractivity contribution in [3.05, 3.63) is 74.2 Å². The Labute approximate surface area is 208 Å². The fourth-order valence-electron chi connectivity index (χ4n) is 5.00. The van der Waals surface area contributed by atoms with Crippen molar-refractivity contribution < 1.29 is 24.1 Å². The fourth-order valence-corrected chi connectivity index (χ4v) is 5.00. The maximum Gasteiger partial charge on any atom is 0.300 e. The van der Waals surface area contributed by atoms with Gasteiger partial charge in [-0.2, -0.15) is 0 Å². The molecule has 3 heterocycles. The van der Waals surface area contributed by atoms with E-state index in [1.807, 2.05) is 0 Å². The molecule has 1 aliphatic heterocycles. The van der Waals surface area contributed by atoms with Crippen LogP contribution in [-0.2, 0) is 6.54 Å². The average molecular weight is 504 g/mol. The minimum absolute atomic E-state index is 0.0342. The van der Waals surface area contributed by atoms with Crippen LogP contribution >= 0.6 is 0 Å². The second-order valence-corrected chi connectivity index (χ2v) is 8.88. The van der Waals surface area contributed by atoms with Gasteiger partial charge in [-0.15, -0.1) is 4.68 Å². The van der Waals surface area contributed by atoms with Crippen LogP contribution in [-0.4, -0.2) is 74.2 Å². The summed E-state index contributed by atoms with van der Waals surface area (Å²) >= 11 is 0. The third-order valence-electron chi connectivity index (χ3n) is 6.85. The topological polar surface area (TPSA) is 167 Å². The molecule has 14 nitrogen and oxygen atoms in total. The molecule has 14 heteroatoms. The normalized spacial score (nSPS) is 15.7. The van der Waals surface area contributed by atoms with Gasteiger partial charge in [-0.1, -0.05) is 24.3 Å². The number of nitrogens with zero attached hydrogens (tertiary/aromatic N) is 8. The summed E-state index contributed by atoms with van der Waals surface area (Å²) in [6.07, 6.45) is 0.573. The molecule has 0 atom stereocenters. The van der Waals surface area contributed by atoms with Crippen molar-refractivity contribution in [1.82, 2.24) is 25.0 Å². The van der Waals surface area contributed by atoms with Crippen LogP contribution in [0, 0.1) is 15.3 Å². The zero-order valence-electron chi connectivity index (χ0n) is 19.4. The molecule has 1 aliphatic carbocycles. The van der Waals surface area contributed by atoms with Gasteiger partial charge in [0.25, 0.3) is 0 Å². The monoisotopic (exact) mass is 504 g/mol. The van der Waals surface area contributed by atoms with E-state index in [0.717, 1.165) is 5.69 Å². The molecule has 2 aromatic heterocycles. The Kier molecular flexibility index (Phi) is 5.37. The van der Waals surface area contributed by atoms with E-state index in [9.17, 15) is 24.9 Å². The quantitative estimate of drug-likeness (QED) is 0.140. The lowest BCUT2D eigenvalue weighted by molar-refractivity contribution is -0.749. The number of fused-ring (bicyclic) bond motifs is 3. The van der Waals surface area contributed by atoms with Crippen LogP contribution in [0.3, 0.4) is 0 Å². The Morgan fingerprint density at radius 2 is 1.65 bits per heavy atom. The molecule has 2 aromatic carbocycles. The maximum atomic E-state index is 13.0. The third-order valence-corrected chi connectivity index (χ3v) is 6.85. The summed E-state index contributed by atoms with van der Waals surface area (Å²) in [7, 11) is 0. The SMILES string of the molecule is O=C1c2ccccc2C(=O)c2c1n[n+]([O-])n2CCCN1CCN(c2ccc([N+](=O)[O-])c3nonc23)CC1. The predicted octanol–water partition coefficient (Wildman–Crippen LogP) is 0.949. The average Bonchev–Trinajstić information content (AvgIpc) is 3.52. The summed E-state index contributed by atoms with van der Waals surface area (Å²) in [6, 6.07) is 9.56. The summed E-state index contributed by atoms with van der Waals surface area (Å²) in [5.74, 6) is -0.801. The molecule has 0 unspecified atom stereocenters. The number of piperazine rings is 1. The number of rotatable bonds is 6. The minimum Gasteiger partial charge on any atom is -0.571 e. The summed E-state index contributed by atoms with van der Waals surface area (Å²) in [5.41, 5.74) is 1.51. The van der Waals surface area contributed by atoms with Crippen molar-refractivity contribution in [1.29, 1.82) is 0 Å². The van der Waals surface area contributed by atoms with E-state index >= 15 is 0 Å². The lowest BCUT2D eigenvalue weighted by Crippen LogP contribution is -2.47. The molecular weight excluding hydrogens is 484 g/mol. The second-order valence-electron chi connectivity index (χ2n) is 8.88. The number of nitro groups is 1. The van der Waals surface area contributed by atoms with Gasteiger partial charge in [0.1, 0.15) is 0 Å². The van der Waals surface area contributed by atoms with Crippen molar-refractivity contribution in [2.24, 2.45) is 0 Å². The molecule has 2 aliphatic rings. The number of carbonyl (C=O) groups excluding carboxylic acids is 2. The number of anilines is 1. The first kappa shape index (κ1) is 22.7. The zero-order chi connectivity index (χ0) is 25.7. The molecule has 0 spiro atoms. The molecule has 0 bridgehead atoms. The summed E-state index contributed by atoms with van der Waals surface area (Å²) in [6.45, 7) is 3.65. The Hall–Kier alpha value is -4.72. The Morgan fingerprint density at radius 3 is 2.38 bits per heavy atom. The number of hydrogen-bond acceptors (Lipinski definition) is 11. The molecule has 0 saturated carbocycles. The van der Waals surface area contributed by atoms with E-state index in [2.05, 4.69) is 25.2 Å². The number of carbonyl (C=O) groups is 2. The molecule has 6 rings (SSSR count). The number of benzene rings is 2. The number of non-ortho nitro benzene ring substituents is 1. The number of ketones is 2. The van der Waals surface area contributed by atoms with Crippen LogP contribution in [0.15, 0.2) is 41.0 Å². The largest absolute Gasteiger partial charge is 0.571 e. The van der Waals surface area contributed by atoms with E-state index in [0.29, 0.717) is 49.6 Å². The van der Waals surface area contributed by atoms with Crippen LogP contribution in [0.25, 0.3) is 11.0 Å². The van der Waals surface area contributed by atoms with E-state index in [1.54, 1.807) is 30.3 Å². The molecule has 4 aromatic rings. The molecule has 0 radical (unpaired) electrons. The van der Waals surface area contributed by atoms with Gasteiger partial charge in [-0.25, -0.2) is 4.63 Å². The molecule has 37 heavy (non-hydrogen) atoms. The smallest absolute Gasteiger partial charge is 0.300 e.